The Morgan fingerprint density at radius 3 is 2.76 bits per heavy atom. The van der Waals surface area contributed by atoms with E-state index in [1.54, 1.807) is 0 Å². The second-order valence-corrected chi connectivity index (χ2v) is 6.80. The van der Waals surface area contributed by atoms with Crippen LogP contribution < -0.4 is 11.1 Å². The summed E-state index contributed by atoms with van der Waals surface area (Å²) in [6.45, 7) is -0.292. The van der Waals surface area contributed by atoms with Gasteiger partial charge in [-0.05, 0) is 6.42 Å². The summed E-state index contributed by atoms with van der Waals surface area (Å²) in [6, 6.07) is -0.936. The van der Waals surface area contributed by atoms with Gasteiger partial charge in [0.05, 0.1) is 24.5 Å². The molecule has 118 valence electrons. The van der Waals surface area contributed by atoms with E-state index in [1.807, 2.05) is 0 Å². The van der Waals surface area contributed by atoms with Crippen molar-refractivity contribution in [1.29, 1.82) is 0 Å². The maximum atomic E-state index is 11.6. The Bertz CT molecular complexity index is 611. The van der Waals surface area contributed by atoms with E-state index in [9.17, 15) is 18.0 Å². The van der Waals surface area contributed by atoms with E-state index in [2.05, 4.69) is 15.6 Å². The van der Waals surface area contributed by atoms with Gasteiger partial charge in [0, 0.05) is 6.26 Å². The number of aromatic nitrogens is 3. The van der Waals surface area contributed by atoms with Crippen LogP contribution in [0.1, 0.15) is 12.1 Å². The molecule has 0 saturated heterocycles. The van der Waals surface area contributed by atoms with Gasteiger partial charge in [-0.1, -0.05) is 5.21 Å². The fourth-order valence-electron chi connectivity index (χ4n) is 1.42. The lowest BCUT2D eigenvalue weighted by molar-refractivity contribution is -0.138. The summed E-state index contributed by atoms with van der Waals surface area (Å²) in [4.78, 5) is 22.1. The van der Waals surface area contributed by atoms with Crippen molar-refractivity contribution in [2.45, 2.75) is 25.6 Å². The fourth-order valence-corrected chi connectivity index (χ4v) is 2.10. The Labute approximate surface area is 121 Å². The molecule has 0 aliphatic heterocycles. The standard InChI is InChI=1S/C10H17N5O5S/c1-21(19,20)3-2-8(11)10(18)12-4-7-5-15(14-13-7)6-9(16)17/h5,8H,2-4,6,11H2,1H3,(H,12,18)(H,16,17). The third-order valence-corrected chi connectivity index (χ3v) is 3.44. The average Bonchev–Trinajstić information content (AvgIpc) is 2.78. The highest BCUT2D eigenvalue weighted by Gasteiger charge is 2.16. The van der Waals surface area contributed by atoms with Crippen molar-refractivity contribution in [3.8, 4) is 0 Å². The Hall–Kier alpha value is -2.01. The normalized spacial score (nSPS) is 12.9. The minimum atomic E-state index is -3.17. The summed E-state index contributed by atoms with van der Waals surface area (Å²) in [7, 11) is -3.17. The van der Waals surface area contributed by atoms with Crippen LogP contribution in [0.3, 0.4) is 0 Å². The second kappa shape index (κ2) is 7.13. The molecule has 0 fully saturated rings. The quantitative estimate of drug-likeness (QED) is 0.484. The zero-order valence-electron chi connectivity index (χ0n) is 11.4. The Morgan fingerprint density at radius 2 is 2.19 bits per heavy atom. The number of nitrogens with zero attached hydrogens (tertiary/aromatic N) is 3. The zero-order chi connectivity index (χ0) is 16.0. The van der Waals surface area contributed by atoms with E-state index in [4.69, 9.17) is 10.8 Å². The summed E-state index contributed by atoms with van der Waals surface area (Å²) >= 11 is 0. The summed E-state index contributed by atoms with van der Waals surface area (Å²) in [5.74, 6) is -1.74. The molecule has 1 aromatic heterocycles. The summed E-state index contributed by atoms with van der Waals surface area (Å²) in [5, 5.41) is 18.3. The summed E-state index contributed by atoms with van der Waals surface area (Å²) < 4.78 is 23.1. The zero-order valence-corrected chi connectivity index (χ0v) is 12.2. The highest BCUT2D eigenvalue weighted by molar-refractivity contribution is 7.90. The first-order chi connectivity index (χ1) is 9.67. The number of hydrogen-bond acceptors (Lipinski definition) is 7. The van der Waals surface area contributed by atoms with Gasteiger partial charge in [0.15, 0.2) is 0 Å². The first-order valence-corrected chi connectivity index (χ1v) is 8.05. The molecule has 1 aromatic rings. The van der Waals surface area contributed by atoms with E-state index in [1.165, 1.54) is 6.20 Å². The number of sulfone groups is 1. The van der Waals surface area contributed by atoms with Gasteiger partial charge in [0.1, 0.15) is 22.1 Å². The first kappa shape index (κ1) is 17.0. The monoisotopic (exact) mass is 319 g/mol. The Morgan fingerprint density at radius 1 is 1.52 bits per heavy atom. The lowest BCUT2D eigenvalue weighted by Gasteiger charge is -2.10. The number of carbonyl (C=O) groups excluding carboxylic acids is 1. The molecule has 11 heteroatoms. The van der Waals surface area contributed by atoms with E-state index in [-0.39, 0.29) is 25.3 Å². The van der Waals surface area contributed by atoms with Crippen molar-refractivity contribution < 1.29 is 23.1 Å². The number of hydrogen-bond donors (Lipinski definition) is 3. The van der Waals surface area contributed by atoms with E-state index >= 15 is 0 Å². The van der Waals surface area contributed by atoms with Gasteiger partial charge >= 0.3 is 5.97 Å². The Kier molecular flexibility index (Phi) is 5.79. The smallest absolute Gasteiger partial charge is 0.325 e. The number of carboxylic acids is 1. The third-order valence-electron chi connectivity index (χ3n) is 2.46. The molecule has 0 spiro atoms. The molecule has 1 amide bonds. The lowest BCUT2D eigenvalue weighted by Crippen LogP contribution is -2.41. The van der Waals surface area contributed by atoms with Crippen LogP contribution in [-0.4, -0.2) is 58.4 Å². The molecule has 0 aliphatic rings. The number of nitrogens with two attached hydrogens (primary N) is 1. The molecular formula is C10H17N5O5S. The van der Waals surface area contributed by atoms with E-state index < -0.39 is 27.8 Å². The number of nitrogens with one attached hydrogen (secondary N) is 1. The molecule has 1 unspecified atom stereocenters. The van der Waals surface area contributed by atoms with Crippen molar-refractivity contribution >= 4 is 21.7 Å². The van der Waals surface area contributed by atoms with Crippen molar-refractivity contribution in [1.82, 2.24) is 20.3 Å². The van der Waals surface area contributed by atoms with Gasteiger partial charge in [-0.15, -0.1) is 5.10 Å². The number of amides is 1. The summed E-state index contributed by atoms with van der Waals surface area (Å²) in [5.41, 5.74) is 5.94. The first-order valence-electron chi connectivity index (χ1n) is 5.99. The maximum absolute atomic E-state index is 11.6. The molecular weight excluding hydrogens is 302 g/mol. The van der Waals surface area contributed by atoms with Crippen molar-refractivity contribution in [2.75, 3.05) is 12.0 Å². The van der Waals surface area contributed by atoms with Crippen molar-refractivity contribution in [2.24, 2.45) is 5.73 Å². The molecule has 0 aliphatic carbocycles. The molecule has 0 saturated carbocycles. The molecule has 0 bridgehead atoms. The van der Waals surface area contributed by atoms with Gasteiger partial charge in [0.25, 0.3) is 0 Å². The number of aliphatic carboxylic acids is 1. The van der Waals surface area contributed by atoms with E-state index in [0.29, 0.717) is 5.69 Å². The molecule has 1 heterocycles. The molecule has 10 nitrogen and oxygen atoms in total. The van der Waals surface area contributed by atoms with Crippen LogP contribution >= 0.6 is 0 Å². The summed E-state index contributed by atoms with van der Waals surface area (Å²) in [6.07, 6.45) is 2.48. The van der Waals surface area contributed by atoms with Crippen molar-refractivity contribution in [3.05, 3.63) is 11.9 Å². The molecule has 1 rings (SSSR count). The third kappa shape index (κ3) is 6.81. The second-order valence-electron chi connectivity index (χ2n) is 4.54. The van der Waals surface area contributed by atoms with Crippen LogP contribution in [0.4, 0.5) is 0 Å². The molecule has 4 N–H and O–H groups in total. The SMILES string of the molecule is CS(=O)(=O)CCC(N)C(=O)NCc1cn(CC(=O)O)nn1. The van der Waals surface area contributed by atoms with Crippen LogP contribution in [0.2, 0.25) is 0 Å². The van der Waals surface area contributed by atoms with Gasteiger partial charge in [-0.2, -0.15) is 0 Å². The predicted octanol–water partition coefficient (Wildman–Crippen LogP) is -2.26. The molecule has 21 heavy (non-hydrogen) atoms. The number of rotatable bonds is 8. The minimum absolute atomic E-state index is 0.0242. The van der Waals surface area contributed by atoms with Crippen molar-refractivity contribution in [3.63, 3.8) is 0 Å². The van der Waals surface area contributed by atoms with Gasteiger partial charge in [-0.25, -0.2) is 13.1 Å². The molecule has 1 atom stereocenters. The highest BCUT2D eigenvalue weighted by Crippen LogP contribution is 1.96. The molecule has 0 radical (unpaired) electrons. The van der Waals surface area contributed by atoms with Crippen LogP contribution in [0, 0.1) is 0 Å². The lowest BCUT2D eigenvalue weighted by atomic mass is 10.2. The maximum Gasteiger partial charge on any atom is 0.325 e. The number of carboxylic acid groups (broad SMARTS) is 1. The number of carbonyl (C=O) groups is 2. The van der Waals surface area contributed by atoms with Gasteiger partial charge in [0.2, 0.25) is 5.91 Å². The largest absolute Gasteiger partial charge is 0.480 e. The van der Waals surface area contributed by atoms with E-state index in [0.717, 1.165) is 10.9 Å². The van der Waals surface area contributed by atoms with Crippen LogP contribution in [0.15, 0.2) is 6.20 Å². The molecule has 0 aromatic carbocycles. The van der Waals surface area contributed by atoms with Gasteiger partial charge < -0.3 is 16.2 Å². The fraction of sp³-hybridized carbons (Fsp3) is 0.600. The van der Waals surface area contributed by atoms with Crippen LogP contribution in [-0.2, 0) is 32.5 Å². The van der Waals surface area contributed by atoms with Crippen LogP contribution in [0.25, 0.3) is 0 Å². The van der Waals surface area contributed by atoms with Gasteiger partial charge in [-0.3, -0.25) is 9.59 Å². The topological polar surface area (TPSA) is 157 Å². The Balaban J connectivity index is 2.41. The minimum Gasteiger partial charge on any atom is -0.480 e. The highest BCUT2D eigenvalue weighted by atomic mass is 32.2. The average molecular weight is 319 g/mol. The predicted molar refractivity (Wildman–Crippen MR) is 71.8 cm³/mol. The van der Waals surface area contributed by atoms with Crippen LogP contribution in [0.5, 0.6) is 0 Å².